The fourth-order valence-corrected chi connectivity index (χ4v) is 1.73. The average Bonchev–Trinajstić information content (AvgIpc) is 2.44. The lowest BCUT2D eigenvalue weighted by molar-refractivity contribution is 0.255. The molecule has 0 amide bonds. The second kappa shape index (κ2) is 7.26. The lowest BCUT2D eigenvalue weighted by Crippen LogP contribution is -2.05. The highest BCUT2D eigenvalue weighted by atomic mass is 35.5. The van der Waals surface area contributed by atoms with E-state index >= 15 is 0 Å². The smallest absolute Gasteiger partial charge is 0.324 e. The van der Waals surface area contributed by atoms with E-state index in [4.69, 9.17) is 32.7 Å². The molecule has 0 fully saturated rings. The third-order valence-corrected chi connectivity index (χ3v) is 2.85. The van der Waals surface area contributed by atoms with Crippen LogP contribution in [-0.4, -0.2) is 21.6 Å². The van der Waals surface area contributed by atoms with Crippen LogP contribution in [0.1, 0.15) is 18.9 Å². The summed E-state index contributed by atoms with van der Waals surface area (Å²) in [5, 5.41) is 0.648. The molecule has 106 valence electrons. The SMILES string of the molecule is CCCOc1nc(Cl)nc(OCc2ccccc2Cl)n1. The van der Waals surface area contributed by atoms with Crippen LogP contribution >= 0.6 is 23.2 Å². The largest absolute Gasteiger partial charge is 0.463 e. The lowest BCUT2D eigenvalue weighted by atomic mass is 10.2. The number of rotatable bonds is 6. The van der Waals surface area contributed by atoms with E-state index in [1.54, 1.807) is 6.07 Å². The number of hydrogen-bond acceptors (Lipinski definition) is 5. The maximum Gasteiger partial charge on any atom is 0.324 e. The van der Waals surface area contributed by atoms with Gasteiger partial charge in [0.15, 0.2) is 0 Å². The van der Waals surface area contributed by atoms with E-state index in [-0.39, 0.29) is 23.9 Å². The lowest BCUT2D eigenvalue weighted by Gasteiger charge is -2.07. The molecule has 2 aromatic rings. The van der Waals surface area contributed by atoms with Gasteiger partial charge in [-0.15, -0.1) is 4.98 Å². The molecule has 0 unspecified atom stereocenters. The van der Waals surface area contributed by atoms with Crippen LogP contribution in [0.15, 0.2) is 24.3 Å². The zero-order valence-corrected chi connectivity index (χ0v) is 12.4. The number of halogens is 2. The maximum absolute atomic E-state index is 6.04. The number of aromatic nitrogens is 3. The van der Waals surface area contributed by atoms with Gasteiger partial charge in [0.05, 0.1) is 6.61 Å². The van der Waals surface area contributed by atoms with Gasteiger partial charge in [-0.05, 0) is 24.1 Å². The highest BCUT2D eigenvalue weighted by molar-refractivity contribution is 6.31. The number of benzene rings is 1. The third-order valence-electron chi connectivity index (χ3n) is 2.32. The Hall–Kier alpha value is -1.59. The van der Waals surface area contributed by atoms with Gasteiger partial charge in [0.25, 0.3) is 0 Å². The molecule has 5 nitrogen and oxygen atoms in total. The van der Waals surface area contributed by atoms with Crippen LogP contribution in [0.5, 0.6) is 12.0 Å². The average molecular weight is 314 g/mol. The molecule has 0 N–H and O–H groups in total. The van der Waals surface area contributed by atoms with Crippen LogP contribution in [0.2, 0.25) is 10.3 Å². The van der Waals surface area contributed by atoms with E-state index in [1.807, 2.05) is 25.1 Å². The molecule has 0 radical (unpaired) electrons. The van der Waals surface area contributed by atoms with Crippen molar-refractivity contribution in [1.82, 2.24) is 15.0 Å². The van der Waals surface area contributed by atoms with Crippen molar-refractivity contribution in [2.24, 2.45) is 0 Å². The van der Waals surface area contributed by atoms with Crippen molar-refractivity contribution >= 4 is 23.2 Å². The summed E-state index contributed by atoms with van der Waals surface area (Å²) in [5.41, 5.74) is 0.835. The molecule has 1 aromatic heterocycles. The molecule has 0 saturated carbocycles. The maximum atomic E-state index is 6.04. The molecule has 0 aliphatic heterocycles. The fraction of sp³-hybridized carbons (Fsp3) is 0.308. The van der Waals surface area contributed by atoms with Gasteiger partial charge < -0.3 is 9.47 Å². The first-order valence-electron chi connectivity index (χ1n) is 6.09. The predicted octanol–water partition coefficient (Wildman–Crippen LogP) is 3.55. The zero-order valence-electron chi connectivity index (χ0n) is 10.8. The van der Waals surface area contributed by atoms with Crippen LogP contribution in [0.25, 0.3) is 0 Å². The van der Waals surface area contributed by atoms with Crippen LogP contribution in [0, 0.1) is 0 Å². The van der Waals surface area contributed by atoms with Gasteiger partial charge in [0, 0.05) is 10.6 Å². The van der Waals surface area contributed by atoms with Crippen molar-refractivity contribution in [2.75, 3.05) is 6.61 Å². The Bertz CT molecular complexity index is 581. The van der Waals surface area contributed by atoms with Crippen molar-refractivity contribution in [3.63, 3.8) is 0 Å². The Kier molecular flexibility index (Phi) is 5.38. The van der Waals surface area contributed by atoms with Crippen molar-refractivity contribution in [1.29, 1.82) is 0 Å². The quantitative estimate of drug-likeness (QED) is 0.816. The van der Waals surface area contributed by atoms with Gasteiger partial charge in [-0.1, -0.05) is 36.7 Å². The van der Waals surface area contributed by atoms with E-state index in [0.717, 1.165) is 12.0 Å². The summed E-state index contributed by atoms with van der Waals surface area (Å²) in [6.07, 6.45) is 0.846. The number of ether oxygens (including phenoxy) is 2. The molecular formula is C13H13Cl2N3O2. The second-order valence-electron chi connectivity index (χ2n) is 3.90. The van der Waals surface area contributed by atoms with Crippen molar-refractivity contribution in [2.45, 2.75) is 20.0 Å². The normalized spacial score (nSPS) is 10.3. The molecule has 1 heterocycles. The zero-order chi connectivity index (χ0) is 14.4. The summed E-state index contributed by atoms with van der Waals surface area (Å²) in [6, 6.07) is 7.64. The van der Waals surface area contributed by atoms with Crippen molar-refractivity contribution < 1.29 is 9.47 Å². The summed E-state index contributed by atoms with van der Waals surface area (Å²) < 4.78 is 10.8. The molecule has 1 aromatic carbocycles. The molecule has 0 aliphatic rings. The Morgan fingerprint density at radius 3 is 2.40 bits per heavy atom. The first kappa shape index (κ1) is 14.8. The van der Waals surface area contributed by atoms with Crippen LogP contribution < -0.4 is 9.47 Å². The summed E-state index contributed by atoms with van der Waals surface area (Å²) >= 11 is 11.8. The van der Waals surface area contributed by atoms with E-state index in [0.29, 0.717) is 11.6 Å². The molecule has 0 bridgehead atoms. The second-order valence-corrected chi connectivity index (χ2v) is 4.64. The minimum absolute atomic E-state index is 0.0280. The molecular weight excluding hydrogens is 301 g/mol. The highest BCUT2D eigenvalue weighted by Gasteiger charge is 2.08. The standard InChI is InChI=1S/C13H13Cl2N3O2/c1-2-7-19-12-16-11(15)17-13(18-12)20-8-9-5-3-4-6-10(9)14/h3-6H,2,7-8H2,1H3. The number of nitrogens with zero attached hydrogens (tertiary/aromatic N) is 3. The molecule has 2 rings (SSSR count). The first-order valence-corrected chi connectivity index (χ1v) is 6.85. The van der Waals surface area contributed by atoms with E-state index in [2.05, 4.69) is 15.0 Å². The summed E-state index contributed by atoms with van der Waals surface area (Å²) in [7, 11) is 0. The highest BCUT2D eigenvalue weighted by Crippen LogP contribution is 2.18. The molecule has 0 spiro atoms. The fourth-order valence-electron chi connectivity index (χ4n) is 1.39. The summed E-state index contributed by atoms with van der Waals surface area (Å²) in [4.78, 5) is 11.8. The molecule has 0 atom stereocenters. The minimum atomic E-state index is 0.0280. The Morgan fingerprint density at radius 2 is 1.70 bits per heavy atom. The molecule has 20 heavy (non-hydrogen) atoms. The summed E-state index contributed by atoms with van der Waals surface area (Å²) in [6.45, 7) is 2.73. The van der Waals surface area contributed by atoms with Gasteiger partial charge >= 0.3 is 12.0 Å². The molecule has 0 aliphatic carbocycles. The Morgan fingerprint density at radius 1 is 1.00 bits per heavy atom. The third kappa shape index (κ3) is 4.21. The van der Waals surface area contributed by atoms with E-state index in [1.165, 1.54) is 0 Å². The summed E-state index contributed by atoms with van der Waals surface area (Å²) in [5.74, 6) is 0. The van der Waals surface area contributed by atoms with Gasteiger partial charge in [0.1, 0.15) is 6.61 Å². The number of hydrogen-bond donors (Lipinski definition) is 0. The van der Waals surface area contributed by atoms with Gasteiger partial charge in [0.2, 0.25) is 5.28 Å². The topological polar surface area (TPSA) is 57.1 Å². The minimum Gasteiger partial charge on any atom is -0.463 e. The van der Waals surface area contributed by atoms with Crippen LogP contribution in [0.3, 0.4) is 0 Å². The van der Waals surface area contributed by atoms with Gasteiger partial charge in [-0.3, -0.25) is 0 Å². The predicted molar refractivity (Wildman–Crippen MR) is 76.4 cm³/mol. The Balaban J connectivity index is 2.05. The Labute approximate surface area is 126 Å². The van der Waals surface area contributed by atoms with Gasteiger partial charge in [-0.2, -0.15) is 9.97 Å². The van der Waals surface area contributed by atoms with Gasteiger partial charge in [-0.25, -0.2) is 0 Å². The van der Waals surface area contributed by atoms with E-state index in [9.17, 15) is 0 Å². The molecule has 0 saturated heterocycles. The first-order chi connectivity index (χ1) is 9.69. The molecule has 7 heteroatoms. The van der Waals surface area contributed by atoms with Crippen molar-refractivity contribution in [3.8, 4) is 12.0 Å². The van der Waals surface area contributed by atoms with Crippen LogP contribution in [0.4, 0.5) is 0 Å². The van der Waals surface area contributed by atoms with Crippen molar-refractivity contribution in [3.05, 3.63) is 40.1 Å². The van der Waals surface area contributed by atoms with Crippen LogP contribution in [-0.2, 0) is 6.61 Å². The monoisotopic (exact) mass is 313 g/mol. The van der Waals surface area contributed by atoms with E-state index < -0.39 is 0 Å².